The molecule has 0 fully saturated rings. The molecule has 3 aliphatic rings. The van der Waals surface area contributed by atoms with Crippen LogP contribution in [0.15, 0.2) is 198 Å². The average Bonchev–Trinajstić information content (AvgIpc) is 4.10. The van der Waals surface area contributed by atoms with Gasteiger partial charge >= 0.3 is 0 Å². The van der Waals surface area contributed by atoms with Crippen LogP contribution in [0.25, 0.3) is 43.8 Å². The normalized spacial score (nSPS) is 18.0. The zero-order valence-electron chi connectivity index (χ0n) is 43.2. The van der Waals surface area contributed by atoms with Crippen LogP contribution in [0.2, 0.25) is 0 Å². The van der Waals surface area contributed by atoms with Crippen LogP contribution in [-0.2, 0) is 29.1 Å². The SMILES string of the molecule is C=C1/C=C\C(N(c2ccc(C(C)(C)C)cc2)c2cc3c(c4oc5ccccc5c24)-c2ccc(N(c4ccc(C(C)(C)C)cc4)c4ccc5c(c4)CCC5)cc2C3(C)c2cccc3ccccc23)=C/CCCC1. The van der Waals surface area contributed by atoms with Crippen LogP contribution in [0.4, 0.5) is 28.4 Å². The minimum absolute atomic E-state index is 0.0108. The van der Waals surface area contributed by atoms with E-state index >= 15 is 0 Å². The molecule has 3 aliphatic carbocycles. The Kier molecular flexibility index (Phi) is 11.1. The summed E-state index contributed by atoms with van der Waals surface area (Å²) in [6, 6.07) is 60.0. The summed E-state index contributed by atoms with van der Waals surface area (Å²) in [6.45, 7) is 20.7. The third-order valence-electron chi connectivity index (χ3n) is 16.2. The van der Waals surface area contributed by atoms with E-state index in [1.807, 2.05) is 0 Å². The second kappa shape index (κ2) is 17.4. The van der Waals surface area contributed by atoms with Crippen LogP contribution in [0.5, 0.6) is 0 Å². The molecule has 0 amide bonds. The van der Waals surface area contributed by atoms with Crippen molar-refractivity contribution in [1.82, 2.24) is 0 Å². The van der Waals surface area contributed by atoms with Gasteiger partial charge in [-0.05, 0) is 185 Å². The molecule has 0 saturated carbocycles. The highest BCUT2D eigenvalue weighted by Crippen LogP contribution is 2.60. The fourth-order valence-corrected chi connectivity index (χ4v) is 12.2. The van der Waals surface area contributed by atoms with E-state index in [1.54, 1.807) is 0 Å². The molecule has 0 spiro atoms. The lowest BCUT2D eigenvalue weighted by Crippen LogP contribution is -2.24. The summed E-state index contributed by atoms with van der Waals surface area (Å²) >= 11 is 0. The maximum Gasteiger partial charge on any atom is 0.145 e. The highest BCUT2D eigenvalue weighted by molar-refractivity contribution is 6.19. The van der Waals surface area contributed by atoms with Gasteiger partial charge in [-0.1, -0.05) is 163 Å². The number of fused-ring (bicyclic) bond motifs is 9. The van der Waals surface area contributed by atoms with Crippen molar-refractivity contribution in [3.05, 3.63) is 233 Å². The number of anilines is 5. The molecule has 72 heavy (non-hydrogen) atoms. The summed E-state index contributed by atoms with van der Waals surface area (Å²) in [5.41, 5.74) is 21.0. The Labute approximate surface area is 426 Å². The lowest BCUT2D eigenvalue weighted by atomic mass is 9.72. The summed E-state index contributed by atoms with van der Waals surface area (Å²) in [6.07, 6.45) is 14.7. The lowest BCUT2D eigenvalue weighted by molar-refractivity contribution is 0.590. The van der Waals surface area contributed by atoms with Crippen molar-refractivity contribution in [2.24, 2.45) is 0 Å². The molecule has 1 heterocycles. The van der Waals surface area contributed by atoms with Crippen molar-refractivity contribution in [3.8, 4) is 11.1 Å². The van der Waals surface area contributed by atoms with Gasteiger partial charge in [0.2, 0.25) is 0 Å². The van der Waals surface area contributed by atoms with E-state index in [2.05, 4.69) is 241 Å². The monoisotopic (exact) mass is 939 g/mol. The molecule has 9 aromatic rings. The van der Waals surface area contributed by atoms with Crippen molar-refractivity contribution in [1.29, 1.82) is 0 Å². The molecule has 1 aromatic heterocycles. The maximum atomic E-state index is 7.34. The third-order valence-corrected chi connectivity index (χ3v) is 16.2. The standard InChI is InChI=1S/C69H66N2O/c1-45-18-10-9-11-23-51(34-28-45)71(53-38-32-50(33-39-53)68(5,6)7)62-44-61-64(66-65(62)58-25-14-15-27-63(58)72-66)57-41-40-55(43-60(57)69(61,8)59-26-17-21-47-19-12-13-24-56(47)59)70(52-36-30-49(31-37-52)67(2,3)4)54-35-29-46-20-16-22-48(46)42-54/h12-15,17,19,21,23-44H,1,9-11,16,18,20,22H2,2-8H3/b34-28-,51-23+. The molecule has 0 bridgehead atoms. The minimum Gasteiger partial charge on any atom is -0.455 e. The number of hydrogen-bond donors (Lipinski definition) is 0. The van der Waals surface area contributed by atoms with Crippen molar-refractivity contribution in [2.45, 2.75) is 110 Å². The molecule has 3 nitrogen and oxygen atoms in total. The molecule has 1 atom stereocenters. The van der Waals surface area contributed by atoms with Crippen molar-refractivity contribution < 1.29 is 4.42 Å². The van der Waals surface area contributed by atoms with Gasteiger partial charge in [0.05, 0.1) is 11.1 Å². The van der Waals surface area contributed by atoms with Gasteiger partial charge in [-0.2, -0.15) is 0 Å². The molecular formula is C69H66N2O. The Hall–Kier alpha value is -7.36. The second-order valence-corrected chi connectivity index (χ2v) is 22.9. The Morgan fingerprint density at radius 1 is 0.528 bits per heavy atom. The summed E-state index contributed by atoms with van der Waals surface area (Å²) in [7, 11) is 0. The summed E-state index contributed by atoms with van der Waals surface area (Å²) < 4.78 is 7.34. The zero-order chi connectivity index (χ0) is 49.5. The predicted molar refractivity (Wildman–Crippen MR) is 306 cm³/mol. The van der Waals surface area contributed by atoms with Crippen LogP contribution in [0.1, 0.15) is 120 Å². The molecule has 0 saturated heterocycles. The first-order valence-corrected chi connectivity index (χ1v) is 26.4. The Morgan fingerprint density at radius 2 is 1.17 bits per heavy atom. The minimum atomic E-state index is -0.609. The molecule has 0 aliphatic heterocycles. The number of furan rings is 1. The Morgan fingerprint density at radius 3 is 1.92 bits per heavy atom. The van der Waals surface area contributed by atoms with Gasteiger partial charge in [-0.3, -0.25) is 0 Å². The van der Waals surface area contributed by atoms with Crippen molar-refractivity contribution in [2.75, 3.05) is 9.80 Å². The van der Waals surface area contributed by atoms with Crippen molar-refractivity contribution in [3.63, 3.8) is 0 Å². The number of hydrogen-bond acceptors (Lipinski definition) is 3. The fourth-order valence-electron chi connectivity index (χ4n) is 12.2. The first-order chi connectivity index (χ1) is 34.8. The topological polar surface area (TPSA) is 19.6 Å². The summed E-state index contributed by atoms with van der Waals surface area (Å²) in [5, 5.41) is 4.71. The largest absolute Gasteiger partial charge is 0.455 e. The van der Waals surface area contributed by atoms with E-state index in [1.165, 1.54) is 67.4 Å². The van der Waals surface area contributed by atoms with Gasteiger partial charge in [0.1, 0.15) is 11.2 Å². The lowest BCUT2D eigenvalue weighted by Gasteiger charge is -2.33. The molecule has 12 rings (SSSR count). The average molecular weight is 939 g/mol. The number of benzene rings is 8. The molecule has 358 valence electrons. The van der Waals surface area contributed by atoms with Crippen LogP contribution in [0.3, 0.4) is 0 Å². The van der Waals surface area contributed by atoms with Gasteiger partial charge in [0.15, 0.2) is 0 Å². The van der Waals surface area contributed by atoms with Gasteiger partial charge in [-0.15, -0.1) is 0 Å². The first kappa shape index (κ1) is 45.8. The predicted octanol–water partition coefficient (Wildman–Crippen LogP) is 19.3. The molecule has 0 N–H and O–H groups in total. The van der Waals surface area contributed by atoms with Gasteiger partial charge in [-0.25, -0.2) is 0 Å². The van der Waals surface area contributed by atoms with Crippen LogP contribution < -0.4 is 9.80 Å². The first-order valence-electron chi connectivity index (χ1n) is 26.4. The van der Waals surface area contributed by atoms with E-state index < -0.39 is 5.41 Å². The third kappa shape index (κ3) is 7.71. The maximum absolute atomic E-state index is 7.34. The number of rotatable bonds is 7. The van der Waals surface area contributed by atoms with E-state index in [9.17, 15) is 0 Å². The molecule has 0 radical (unpaired) electrons. The number of para-hydroxylation sites is 1. The molecule has 1 unspecified atom stereocenters. The van der Waals surface area contributed by atoms with Gasteiger partial charge in [0.25, 0.3) is 0 Å². The van der Waals surface area contributed by atoms with Gasteiger partial charge < -0.3 is 14.2 Å². The Balaban J connectivity index is 1.16. The van der Waals surface area contributed by atoms with E-state index in [-0.39, 0.29) is 10.8 Å². The van der Waals surface area contributed by atoms with Gasteiger partial charge in [0, 0.05) is 44.8 Å². The molecular weight excluding hydrogens is 873 g/mol. The van der Waals surface area contributed by atoms with Crippen LogP contribution in [-0.4, -0.2) is 0 Å². The van der Waals surface area contributed by atoms with E-state index in [0.29, 0.717) is 0 Å². The summed E-state index contributed by atoms with van der Waals surface area (Å²) in [5.74, 6) is 0. The number of aryl methyl sites for hydroxylation is 2. The molecule has 3 heteroatoms. The van der Waals surface area contributed by atoms with Crippen LogP contribution >= 0.6 is 0 Å². The second-order valence-electron chi connectivity index (χ2n) is 22.9. The van der Waals surface area contributed by atoms with Crippen LogP contribution in [0, 0.1) is 0 Å². The Bertz CT molecular complexity index is 3660. The molecule has 8 aromatic carbocycles. The highest BCUT2D eigenvalue weighted by atomic mass is 16.3. The van der Waals surface area contributed by atoms with Crippen molar-refractivity contribution >= 4 is 61.1 Å². The number of allylic oxidation sites excluding steroid dienone is 4. The number of nitrogens with zero attached hydrogens (tertiary/aromatic N) is 2. The van der Waals surface area contributed by atoms with E-state index in [4.69, 9.17) is 4.42 Å². The summed E-state index contributed by atoms with van der Waals surface area (Å²) in [4.78, 5) is 5.01. The zero-order valence-corrected chi connectivity index (χ0v) is 43.2. The quantitative estimate of drug-likeness (QED) is 0.159. The smallest absolute Gasteiger partial charge is 0.145 e. The highest BCUT2D eigenvalue weighted by Gasteiger charge is 2.45. The van der Waals surface area contributed by atoms with E-state index in [0.717, 1.165) is 100 Å². The fraction of sp³-hybridized carbons (Fsp3) is 0.246.